The van der Waals surface area contributed by atoms with Crippen LogP contribution in [0, 0.1) is 0 Å². The largest absolute Gasteiger partial charge is 0.465 e. The third kappa shape index (κ3) is 3.22. The molecular weight excluding hydrogens is 274 g/mol. The van der Waals surface area contributed by atoms with E-state index in [2.05, 4.69) is 4.98 Å². The Balaban J connectivity index is 2.05. The Hall–Kier alpha value is -1.75. The van der Waals surface area contributed by atoms with E-state index < -0.39 is 0 Å². The molecule has 1 unspecified atom stereocenters. The summed E-state index contributed by atoms with van der Waals surface area (Å²) in [5.41, 5.74) is 1.61. The van der Waals surface area contributed by atoms with Gasteiger partial charge in [-0.2, -0.15) is 0 Å². The van der Waals surface area contributed by atoms with Crippen LogP contribution in [0.3, 0.4) is 0 Å². The molecule has 1 aromatic carbocycles. The van der Waals surface area contributed by atoms with Gasteiger partial charge in [0.2, 0.25) is 0 Å². The SMILES string of the molecule is CCOC(=O)CSC(C)C(=O)c1c[nH]c2ccccc12. The topological polar surface area (TPSA) is 59.2 Å². The number of Topliss-reactive ketones (excluding diaryl/α,β-unsaturated/α-hetero) is 1. The summed E-state index contributed by atoms with van der Waals surface area (Å²) >= 11 is 1.30. The minimum Gasteiger partial charge on any atom is -0.465 e. The number of hydrogen-bond donors (Lipinski definition) is 1. The standard InChI is InChI=1S/C15H17NO3S/c1-3-19-14(17)9-20-10(2)15(18)12-8-16-13-7-5-4-6-11(12)13/h4-8,10,16H,3,9H2,1-2H3. The summed E-state index contributed by atoms with van der Waals surface area (Å²) in [6.07, 6.45) is 1.73. The number of ether oxygens (including phenoxy) is 1. The molecule has 0 bridgehead atoms. The molecule has 2 aromatic rings. The maximum atomic E-state index is 12.4. The van der Waals surface area contributed by atoms with E-state index in [1.54, 1.807) is 13.1 Å². The van der Waals surface area contributed by atoms with Gasteiger partial charge in [-0.3, -0.25) is 9.59 Å². The second-order valence-electron chi connectivity index (χ2n) is 4.37. The quantitative estimate of drug-likeness (QED) is 0.656. The molecule has 1 aromatic heterocycles. The molecule has 106 valence electrons. The van der Waals surface area contributed by atoms with Gasteiger partial charge in [0.25, 0.3) is 0 Å². The van der Waals surface area contributed by atoms with Gasteiger partial charge in [-0.05, 0) is 19.9 Å². The highest BCUT2D eigenvalue weighted by atomic mass is 32.2. The fourth-order valence-electron chi connectivity index (χ4n) is 1.97. The minimum absolute atomic E-state index is 0.0248. The highest BCUT2D eigenvalue weighted by molar-refractivity contribution is 8.01. The fourth-order valence-corrected chi connectivity index (χ4v) is 2.71. The van der Waals surface area contributed by atoms with E-state index in [1.807, 2.05) is 31.2 Å². The first-order valence-electron chi connectivity index (χ1n) is 6.51. The summed E-state index contributed by atoms with van der Waals surface area (Å²) in [5.74, 6) is -0.0591. The van der Waals surface area contributed by atoms with Crippen molar-refractivity contribution < 1.29 is 14.3 Å². The molecule has 0 saturated heterocycles. The lowest BCUT2D eigenvalue weighted by atomic mass is 10.1. The summed E-state index contributed by atoms with van der Waals surface area (Å²) in [7, 11) is 0. The zero-order valence-electron chi connectivity index (χ0n) is 11.5. The molecule has 0 aliphatic rings. The molecule has 1 N–H and O–H groups in total. The van der Waals surface area contributed by atoms with Crippen LogP contribution in [0.2, 0.25) is 0 Å². The van der Waals surface area contributed by atoms with Crippen molar-refractivity contribution in [2.75, 3.05) is 12.4 Å². The van der Waals surface area contributed by atoms with Crippen molar-refractivity contribution in [3.8, 4) is 0 Å². The van der Waals surface area contributed by atoms with Crippen LogP contribution in [0.1, 0.15) is 24.2 Å². The Morgan fingerprint density at radius 3 is 2.85 bits per heavy atom. The van der Waals surface area contributed by atoms with Crippen molar-refractivity contribution in [2.45, 2.75) is 19.1 Å². The molecule has 20 heavy (non-hydrogen) atoms. The van der Waals surface area contributed by atoms with Crippen LogP contribution in [-0.4, -0.2) is 34.3 Å². The third-order valence-corrected chi connectivity index (χ3v) is 4.10. The lowest BCUT2D eigenvalue weighted by Crippen LogP contribution is -2.17. The highest BCUT2D eigenvalue weighted by Gasteiger charge is 2.20. The van der Waals surface area contributed by atoms with Gasteiger partial charge in [0.05, 0.1) is 17.6 Å². The molecule has 0 aliphatic carbocycles. The van der Waals surface area contributed by atoms with Gasteiger partial charge in [-0.15, -0.1) is 11.8 Å². The third-order valence-electron chi connectivity index (χ3n) is 2.98. The van der Waals surface area contributed by atoms with Gasteiger partial charge in [-0.1, -0.05) is 18.2 Å². The Labute approximate surface area is 121 Å². The second-order valence-corrected chi connectivity index (χ2v) is 5.70. The maximum Gasteiger partial charge on any atom is 0.315 e. The molecule has 1 atom stereocenters. The first-order chi connectivity index (χ1) is 9.63. The number of aromatic nitrogens is 1. The predicted octanol–water partition coefficient (Wildman–Crippen LogP) is 3.04. The molecule has 0 spiro atoms. The smallest absolute Gasteiger partial charge is 0.315 e. The van der Waals surface area contributed by atoms with E-state index in [1.165, 1.54) is 11.8 Å². The number of para-hydroxylation sites is 1. The zero-order valence-corrected chi connectivity index (χ0v) is 12.3. The molecule has 0 saturated carbocycles. The molecule has 5 heteroatoms. The molecule has 0 radical (unpaired) electrons. The summed E-state index contributed by atoms with van der Waals surface area (Å²) < 4.78 is 4.86. The average molecular weight is 291 g/mol. The molecule has 0 aliphatic heterocycles. The number of carbonyl (C=O) groups is 2. The van der Waals surface area contributed by atoms with E-state index in [9.17, 15) is 9.59 Å². The first-order valence-corrected chi connectivity index (χ1v) is 7.56. The summed E-state index contributed by atoms with van der Waals surface area (Å²) in [6, 6.07) is 7.68. The van der Waals surface area contributed by atoms with Crippen LogP contribution in [0.5, 0.6) is 0 Å². The predicted molar refractivity (Wildman–Crippen MR) is 81.2 cm³/mol. The van der Waals surface area contributed by atoms with E-state index in [0.29, 0.717) is 12.2 Å². The highest BCUT2D eigenvalue weighted by Crippen LogP contribution is 2.23. The molecule has 2 rings (SSSR count). The van der Waals surface area contributed by atoms with Crippen LogP contribution < -0.4 is 0 Å². The summed E-state index contributed by atoms with van der Waals surface area (Å²) in [6.45, 7) is 3.95. The molecular formula is C15H17NO3S. The fraction of sp³-hybridized carbons (Fsp3) is 0.333. The van der Waals surface area contributed by atoms with Crippen molar-refractivity contribution in [3.63, 3.8) is 0 Å². The van der Waals surface area contributed by atoms with Crippen LogP contribution in [0.4, 0.5) is 0 Å². The van der Waals surface area contributed by atoms with Gasteiger partial charge in [0, 0.05) is 22.7 Å². The van der Waals surface area contributed by atoms with E-state index in [-0.39, 0.29) is 22.8 Å². The lowest BCUT2D eigenvalue weighted by Gasteiger charge is -2.09. The number of thioether (sulfide) groups is 1. The summed E-state index contributed by atoms with van der Waals surface area (Å²) in [5, 5.41) is 0.639. The number of H-pyrrole nitrogens is 1. The average Bonchev–Trinajstić information content (AvgIpc) is 2.88. The Morgan fingerprint density at radius 1 is 1.35 bits per heavy atom. The normalized spacial score (nSPS) is 12.3. The first kappa shape index (κ1) is 14.7. The van der Waals surface area contributed by atoms with Crippen LogP contribution >= 0.6 is 11.8 Å². The van der Waals surface area contributed by atoms with Crippen molar-refractivity contribution in [3.05, 3.63) is 36.0 Å². The maximum absolute atomic E-state index is 12.4. The van der Waals surface area contributed by atoms with Crippen LogP contribution in [0.15, 0.2) is 30.5 Å². The monoisotopic (exact) mass is 291 g/mol. The van der Waals surface area contributed by atoms with Crippen molar-refractivity contribution in [2.24, 2.45) is 0 Å². The number of ketones is 1. The Kier molecular flexibility index (Phi) is 4.84. The van der Waals surface area contributed by atoms with Gasteiger partial charge in [0.1, 0.15) is 0 Å². The van der Waals surface area contributed by atoms with E-state index in [4.69, 9.17) is 4.74 Å². The number of rotatable bonds is 6. The van der Waals surface area contributed by atoms with Crippen molar-refractivity contribution >= 4 is 34.4 Å². The van der Waals surface area contributed by atoms with Crippen molar-refractivity contribution in [1.29, 1.82) is 0 Å². The minimum atomic E-state index is -0.281. The number of benzene rings is 1. The number of aromatic amines is 1. The Morgan fingerprint density at radius 2 is 2.10 bits per heavy atom. The number of esters is 1. The molecule has 1 heterocycles. The summed E-state index contributed by atoms with van der Waals surface area (Å²) in [4.78, 5) is 26.8. The van der Waals surface area contributed by atoms with Gasteiger partial charge in [0.15, 0.2) is 5.78 Å². The zero-order chi connectivity index (χ0) is 14.5. The van der Waals surface area contributed by atoms with Crippen LogP contribution in [-0.2, 0) is 9.53 Å². The van der Waals surface area contributed by atoms with E-state index >= 15 is 0 Å². The van der Waals surface area contributed by atoms with Crippen LogP contribution in [0.25, 0.3) is 10.9 Å². The van der Waals surface area contributed by atoms with Crippen molar-refractivity contribution in [1.82, 2.24) is 4.98 Å². The van der Waals surface area contributed by atoms with Gasteiger partial charge >= 0.3 is 5.97 Å². The number of carbonyl (C=O) groups excluding carboxylic acids is 2. The number of fused-ring (bicyclic) bond motifs is 1. The Bertz CT molecular complexity index is 620. The van der Waals surface area contributed by atoms with E-state index in [0.717, 1.165) is 10.9 Å². The van der Waals surface area contributed by atoms with Gasteiger partial charge < -0.3 is 9.72 Å². The second kappa shape index (κ2) is 6.61. The molecule has 0 fully saturated rings. The number of hydrogen-bond acceptors (Lipinski definition) is 4. The number of nitrogens with one attached hydrogen (secondary N) is 1. The van der Waals surface area contributed by atoms with Gasteiger partial charge in [-0.25, -0.2) is 0 Å². The molecule has 0 amide bonds. The lowest BCUT2D eigenvalue weighted by molar-refractivity contribution is -0.139. The molecule has 4 nitrogen and oxygen atoms in total.